The molecule has 2 aromatic carbocycles. The summed E-state index contributed by atoms with van der Waals surface area (Å²) in [5.41, 5.74) is 4.75. The van der Waals surface area contributed by atoms with Gasteiger partial charge in [0.05, 0.1) is 12.9 Å². The number of nitrogens with one attached hydrogen (secondary N) is 1. The maximum atomic E-state index is 14.0. The lowest BCUT2D eigenvalue weighted by Crippen LogP contribution is -2.41. The van der Waals surface area contributed by atoms with Gasteiger partial charge in [0.15, 0.2) is 5.16 Å². The molecule has 0 bridgehead atoms. The number of amides is 2. The first-order valence-electron chi connectivity index (χ1n) is 13.1. The van der Waals surface area contributed by atoms with Gasteiger partial charge in [0, 0.05) is 55.8 Å². The van der Waals surface area contributed by atoms with E-state index in [-0.39, 0.29) is 24.1 Å². The van der Waals surface area contributed by atoms with E-state index in [9.17, 15) is 9.59 Å². The molecule has 0 aliphatic rings. The molecule has 0 fully saturated rings. The Morgan fingerprint density at radius 1 is 0.976 bits per heavy atom. The molecule has 1 atom stereocenters. The van der Waals surface area contributed by atoms with Crippen molar-refractivity contribution in [3.63, 3.8) is 0 Å². The molecule has 0 saturated heterocycles. The fraction of sp³-hybridized carbons (Fsp3) is 0.258. The van der Waals surface area contributed by atoms with Gasteiger partial charge >= 0.3 is 0 Å². The van der Waals surface area contributed by atoms with Crippen LogP contribution in [0.5, 0.6) is 5.75 Å². The Morgan fingerprint density at radius 3 is 2.24 bits per heavy atom. The van der Waals surface area contributed by atoms with Crippen LogP contribution in [0, 0.1) is 13.8 Å². The number of aromatic nitrogens is 3. The summed E-state index contributed by atoms with van der Waals surface area (Å²) in [6.45, 7) is 3.97. The van der Waals surface area contributed by atoms with Gasteiger partial charge in [0.1, 0.15) is 11.8 Å². The number of carbonyl (C=O) groups is 2. The maximum Gasteiger partial charge on any atom is 0.251 e. The third-order valence-corrected chi connectivity index (χ3v) is 7.16. The molecular weight excluding hydrogens is 536 g/mol. The van der Waals surface area contributed by atoms with E-state index >= 15 is 0 Å². The van der Waals surface area contributed by atoms with Crippen LogP contribution in [0.2, 0.25) is 0 Å². The number of thioether (sulfide) groups is 1. The Labute approximate surface area is 245 Å². The number of anilines is 2. The number of hydrogen-bond acceptors (Lipinski definition) is 8. The molecule has 1 unspecified atom stereocenters. The van der Waals surface area contributed by atoms with Crippen molar-refractivity contribution in [2.45, 2.75) is 31.6 Å². The number of aryl methyl sites for hydroxylation is 2. The first kappa shape index (κ1) is 29.5. The molecule has 0 aliphatic heterocycles. The van der Waals surface area contributed by atoms with Gasteiger partial charge in [-0.05, 0) is 73.5 Å². The lowest BCUT2D eigenvalue weighted by atomic mass is 10.0. The third kappa shape index (κ3) is 8.04. The molecule has 212 valence electrons. The van der Waals surface area contributed by atoms with Crippen molar-refractivity contribution < 1.29 is 14.3 Å². The van der Waals surface area contributed by atoms with Crippen LogP contribution < -0.4 is 15.0 Å². The number of rotatable bonds is 11. The molecule has 0 spiro atoms. The van der Waals surface area contributed by atoms with Gasteiger partial charge in [-0.15, -0.1) is 0 Å². The first-order valence-corrected chi connectivity index (χ1v) is 14.1. The highest BCUT2D eigenvalue weighted by Gasteiger charge is 2.32. The second kappa shape index (κ2) is 13.8. The highest BCUT2D eigenvalue weighted by molar-refractivity contribution is 7.99. The summed E-state index contributed by atoms with van der Waals surface area (Å²) >= 11 is 1.25. The van der Waals surface area contributed by atoms with Gasteiger partial charge in [-0.3, -0.25) is 14.6 Å². The standard InChI is InChI=1S/C31H34N6O3S/c1-21-17-22(2)34-31(33-21)41-20-28(38)37(19-23-7-6-16-32-18-23)29(24-8-14-27(40-5)15-9-24)30(39)35-25-10-12-26(13-11-25)36(3)4/h6-18,29H,19-20H2,1-5H3,(H,35,39). The van der Waals surface area contributed by atoms with Gasteiger partial charge in [0.25, 0.3) is 5.91 Å². The summed E-state index contributed by atoms with van der Waals surface area (Å²) in [5.74, 6) is 0.138. The van der Waals surface area contributed by atoms with Crippen LogP contribution in [0.15, 0.2) is 84.3 Å². The molecule has 0 aliphatic carbocycles. The second-order valence-corrected chi connectivity index (χ2v) is 10.7. The zero-order chi connectivity index (χ0) is 29.4. The normalized spacial score (nSPS) is 11.4. The summed E-state index contributed by atoms with van der Waals surface area (Å²) in [7, 11) is 5.49. The number of benzene rings is 2. The van der Waals surface area contributed by atoms with Crippen molar-refractivity contribution in [2.75, 3.05) is 37.2 Å². The fourth-order valence-corrected chi connectivity index (χ4v) is 5.13. The van der Waals surface area contributed by atoms with E-state index in [0.717, 1.165) is 22.6 Å². The van der Waals surface area contributed by atoms with E-state index in [0.29, 0.717) is 22.2 Å². The molecule has 0 radical (unpaired) electrons. The lowest BCUT2D eigenvalue weighted by Gasteiger charge is -2.31. The molecule has 1 N–H and O–H groups in total. The van der Waals surface area contributed by atoms with Crippen LogP contribution in [0.3, 0.4) is 0 Å². The molecule has 0 saturated carbocycles. The Morgan fingerprint density at radius 2 is 1.66 bits per heavy atom. The number of hydrogen-bond donors (Lipinski definition) is 1. The summed E-state index contributed by atoms with van der Waals surface area (Å²) in [4.78, 5) is 44.6. The summed E-state index contributed by atoms with van der Waals surface area (Å²) in [6, 6.07) is 19.4. The van der Waals surface area contributed by atoms with Crippen LogP contribution in [-0.2, 0) is 16.1 Å². The van der Waals surface area contributed by atoms with Crippen LogP contribution >= 0.6 is 11.8 Å². The highest BCUT2D eigenvalue weighted by atomic mass is 32.2. The van der Waals surface area contributed by atoms with Crippen LogP contribution in [0.1, 0.15) is 28.6 Å². The molecule has 4 aromatic rings. The van der Waals surface area contributed by atoms with Crippen LogP contribution in [0.25, 0.3) is 0 Å². The Bertz CT molecular complexity index is 1440. The van der Waals surface area contributed by atoms with Crippen molar-refractivity contribution in [1.29, 1.82) is 0 Å². The topological polar surface area (TPSA) is 101 Å². The molecule has 2 heterocycles. The van der Waals surface area contributed by atoms with E-state index in [1.54, 1.807) is 36.5 Å². The van der Waals surface area contributed by atoms with Crippen molar-refractivity contribution in [1.82, 2.24) is 19.9 Å². The van der Waals surface area contributed by atoms with E-state index in [2.05, 4.69) is 20.3 Å². The van der Waals surface area contributed by atoms with E-state index in [1.807, 2.05) is 87.4 Å². The lowest BCUT2D eigenvalue weighted by molar-refractivity contribution is -0.137. The van der Waals surface area contributed by atoms with E-state index in [4.69, 9.17) is 4.74 Å². The van der Waals surface area contributed by atoms with Gasteiger partial charge in [-0.2, -0.15) is 0 Å². The minimum absolute atomic E-state index is 0.0562. The van der Waals surface area contributed by atoms with Crippen LogP contribution in [-0.4, -0.2) is 58.6 Å². The molecule has 2 amide bonds. The van der Waals surface area contributed by atoms with E-state index < -0.39 is 6.04 Å². The number of ether oxygens (including phenoxy) is 1. The fourth-order valence-electron chi connectivity index (χ4n) is 4.29. The molecule has 10 heteroatoms. The van der Waals surface area contributed by atoms with Gasteiger partial charge in [-0.1, -0.05) is 30.0 Å². The Kier molecular flexibility index (Phi) is 9.91. The average Bonchev–Trinajstić information content (AvgIpc) is 2.96. The van der Waals surface area contributed by atoms with Crippen molar-refractivity contribution in [3.05, 3.63) is 102 Å². The average molecular weight is 571 g/mol. The first-order chi connectivity index (χ1) is 19.7. The van der Waals surface area contributed by atoms with Gasteiger partial charge in [-0.25, -0.2) is 9.97 Å². The largest absolute Gasteiger partial charge is 0.497 e. The number of carbonyl (C=O) groups excluding carboxylic acids is 2. The number of nitrogens with zero attached hydrogens (tertiary/aromatic N) is 5. The molecule has 9 nitrogen and oxygen atoms in total. The molecule has 41 heavy (non-hydrogen) atoms. The van der Waals surface area contributed by atoms with Crippen molar-refractivity contribution in [2.24, 2.45) is 0 Å². The number of methoxy groups -OCH3 is 1. The minimum Gasteiger partial charge on any atom is -0.497 e. The summed E-state index contributed by atoms with van der Waals surface area (Å²) in [5, 5.41) is 3.53. The van der Waals surface area contributed by atoms with Crippen molar-refractivity contribution in [3.8, 4) is 5.75 Å². The minimum atomic E-state index is -0.928. The monoisotopic (exact) mass is 570 g/mol. The Hall–Kier alpha value is -4.44. The van der Waals surface area contributed by atoms with Crippen LogP contribution in [0.4, 0.5) is 11.4 Å². The van der Waals surface area contributed by atoms with Crippen molar-refractivity contribution >= 4 is 35.0 Å². The molecule has 4 rings (SSSR count). The Balaban J connectivity index is 1.69. The zero-order valence-electron chi connectivity index (χ0n) is 23.9. The summed E-state index contributed by atoms with van der Waals surface area (Å²) < 4.78 is 5.34. The third-order valence-electron chi connectivity index (χ3n) is 6.33. The quantitative estimate of drug-likeness (QED) is 0.197. The SMILES string of the molecule is COc1ccc(C(C(=O)Nc2ccc(N(C)C)cc2)N(Cc2cccnc2)C(=O)CSc2nc(C)cc(C)n2)cc1. The predicted molar refractivity (Wildman–Crippen MR) is 162 cm³/mol. The zero-order valence-corrected chi connectivity index (χ0v) is 24.7. The highest BCUT2D eigenvalue weighted by Crippen LogP contribution is 2.29. The predicted octanol–water partition coefficient (Wildman–Crippen LogP) is 5.06. The number of pyridine rings is 1. The van der Waals surface area contributed by atoms with Gasteiger partial charge < -0.3 is 19.9 Å². The van der Waals surface area contributed by atoms with E-state index in [1.165, 1.54) is 11.8 Å². The summed E-state index contributed by atoms with van der Waals surface area (Å²) in [6.07, 6.45) is 3.37. The second-order valence-electron chi connectivity index (χ2n) is 9.71. The van der Waals surface area contributed by atoms with Gasteiger partial charge in [0.2, 0.25) is 5.91 Å². The molecular formula is C31H34N6O3S. The smallest absolute Gasteiger partial charge is 0.251 e. The molecule has 2 aromatic heterocycles. The maximum absolute atomic E-state index is 14.0.